The van der Waals surface area contributed by atoms with E-state index in [0.717, 1.165) is 0 Å². The molecule has 10 N–H and O–H groups in total. The Balaban J connectivity index is 4.05. The molecule has 0 spiro atoms. The second-order valence-corrected chi connectivity index (χ2v) is 5.20. The first-order valence-corrected chi connectivity index (χ1v) is 7.38. The number of unbranched alkanes of at least 4 members (excludes halogenated alkanes) is 1. The molecule has 0 saturated heterocycles. The Morgan fingerprint density at radius 1 is 1.21 bits per heavy atom. The molecule has 11 nitrogen and oxygen atoms in total. The average Bonchev–Trinajstić information content (AvgIpc) is 2.56. The van der Waals surface area contributed by atoms with Crippen LogP contribution in [0.25, 0.3) is 0 Å². The number of hydrogen-bond acceptors (Lipinski definition) is 9. The number of esters is 1. The standard InChI is InChI=1S/C13H26N4O7/c14-7(3-1-2-4-17-13(15)16)12(23)24-6-9(20)11(22)10(21)8(19)5-18/h7-8,10-11,18-19,21-22H,1-6,14H2,(H4,15,16,17)/t7-,8+,10+,11+/m0/s1. The fourth-order valence-corrected chi connectivity index (χ4v) is 1.67. The largest absolute Gasteiger partial charge is 0.456 e. The molecule has 0 heterocycles. The molecule has 0 radical (unpaired) electrons. The van der Waals surface area contributed by atoms with Gasteiger partial charge < -0.3 is 41.9 Å². The first kappa shape index (κ1) is 22.2. The third-order valence-corrected chi connectivity index (χ3v) is 3.15. The summed E-state index contributed by atoms with van der Waals surface area (Å²) in [5.41, 5.74) is 10.7. The quantitative estimate of drug-likeness (QED) is 0.0742. The highest BCUT2D eigenvalue weighted by atomic mass is 16.5. The summed E-state index contributed by atoms with van der Waals surface area (Å²) in [4.78, 5) is 23.1. The van der Waals surface area contributed by atoms with Crippen molar-refractivity contribution in [1.82, 2.24) is 5.32 Å². The van der Waals surface area contributed by atoms with Crippen LogP contribution in [-0.4, -0.2) is 82.3 Å². The minimum absolute atomic E-state index is 0.149. The number of aliphatic hydroxyl groups is 4. The SMILES string of the molecule is N=C(N)NCCCC[C@H](N)C(=O)OCC(=O)[C@@H](O)[C@H](O)[C@H](O)CO. The summed E-state index contributed by atoms with van der Waals surface area (Å²) in [6, 6.07) is -0.958. The van der Waals surface area contributed by atoms with Gasteiger partial charge in [-0.1, -0.05) is 0 Å². The van der Waals surface area contributed by atoms with E-state index in [-0.39, 0.29) is 5.96 Å². The Bertz CT molecular complexity index is 421. The molecule has 0 fully saturated rings. The van der Waals surface area contributed by atoms with Gasteiger partial charge in [-0.2, -0.15) is 0 Å². The number of ketones is 1. The smallest absolute Gasteiger partial charge is 0.323 e. The Kier molecular flexibility index (Phi) is 10.8. The van der Waals surface area contributed by atoms with Crippen LogP contribution in [0.15, 0.2) is 0 Å². The number of nitrogens with two attached hydrogens (primary N) is 2. The lowest BCUT2D eigenvalue weighted by Gasteiger charge is -2.20. The van der Waals surface area contributed by atoms with Gasteiger partial charge in [0.1, 0.15) is 24.4 Å². The molecule has 0 aliphatic rings. The molecule has 0 aliphatic heterocycles. The molecule has 24 heavy (non-hydrogen) atoms. The van der Waals surface area contributed by atoms with Crippen molar-refractivity contribution in [2.45, 2.75) is 43.6 Å². The van der Waals surface area contributed by atoms with Crippen molar-refractivity contribution in [3.8, 4) is 0 Å². The highest BCUT2D eigenvalue weighted by molar-refractivity contribution is 5.87. The van der Waals surface area contributed by atoms with Gasteiger partial charge in [0.2, 0.25) is 5.78 Å². The van der Waals surface area contributed by atoms with E-state index in [0.29, 0.717) is 25.8 Å². The maximum atomic E-state index is 11.6. The summed E-state index contributed by atoms with van der Waals surface area (Å²) in [6.45, 7) is -1.18. The van der Waals surface area contributed by atoms with Crippen LogP contribution in [-0.2, 0) is 14.3 Å². The summed E-state index contributed by atoms with van der Waals surface area (Å²) in [6.07, 6.45) is -4.08. The number of nitrogens with one attached hydrogen (secondary N) is 2. The zero-order chi connectivity index (χ0) is 18.7. The molecular formula is C13H26N4O7. The maximum absolute atomic E-state index is 11.6. The van der Waals surface area contributed by atoms with Crippen molar-refractivity contribution in [2.24, 2.45) is 11.5 Å². The summed E-state index contributed by atoms with van der Waals surface area (Å²) >= 11 is 0. The second kappa shape index (κ2) is 11.7. The predicted octanol–water partition coefficient (Wildman–Crippen LogP) is -3.85. The van der Waals surface area contributed by atoms with Crippen molar-refractivity contribution in [1.29, 1.82) is 5.41 Å². The van der Waals surface area contributed by atoms with Gasteiger partial charge in [-0.25, -0.2) is 0 Å². The van der Waals surface area contributed by atoms with Gasteiger partial charge in [-0.05, 0) is 19.3 Å². The van der Waals surface area contributed by atoms with E-state index in [4.69, 9.17) is 27.1 Å². The van der Waals surface area contributed by atoms with E-state index in [9.17, 15) is 19.8 Å². The van der Waals surface area contributed by atoms with Gasteiger partial charge in [-0.3, -0.25) is 15.0 Å². The molecule has 0 aromatic heterocycles. The fraction of sp³-hybridized carbons (Fsp3) is 0.769. The van der Waals surface area contributed by atoms with Crippen LogP contribution in [0.4, 0.5) is 0 Å². The number of carbonyl (C=O) groups excluding carboxylic acids is 2. The molecule has 0 aromatic rings. The number of ether oxygens (including phenoxy) is 1. The Morgan fingerprint density at radius 2 is 1.83 bits per heavy atom. The van der Waals surface area contributed by atoms with Crippen LogP contribution in [0, 0.1) is 5.41 Å². The van der Waals surface area contributed by atoms with Crippen molar-refractivity contribution in [2.75, 3.05) is 19.8 Å². The summed E-state index contributed by atoms with van der Waals surface area (Å²) in [7, 11) is 0. The lowest BCUT2D eigenvalue weighted by molar-refractivity contribution is -0.156. The molecular weight excluding hydrogens is 324 g/mol. The van der Waals surface area contributed by atoms with Crippen LogP contribution in [0.1, 0.15) is 19.3 Å². The van der Waals surface area contributed by atoms with E-state index in [1.165, 1.54) is 0 Å². The molecule has 140 valence electrons. The summed E-state index contributed by atoms with van der Waals surface area (Å²) in [5, 5.41) is 46.1. The normalized spacial score (nSPS) is 15.9. The lowest BCUT2D eigenvalue weighted by Crippen LogP contribution is -2.45. The molecule has 4 atom stereocenters. The fourth-order valence-electron chi connectivity index (χ4n) is 1.67. The van der Waals surface area contributed by atoms with Crippen LogP contribution < -0.4 is 16.8 Å². The van der Waals surface area contributed by atoms with Crippen LogP contribution in [0.3, 0.4) is 0 Å². The highest BCUT2D eigenvalue weighted by Gasteiger charge is 2.30. The van der Waals surface area contributed by atoms with Gasteiger partial charge >= 0.3 is 5.97 Å². The number of hydrogen-bond donors (Lipinski definition) is 8. The van der Waals surface area contributed by atoms with Gasteiger partial charge in [0, 0.05) is 6.54 Å². The Labute approximate surface area is 139 Å². The van der Waals surface area contributed by atoms with Crippen molar-refractivity contribution in [3.63, 3.8) is 0 Å². The molecule has 0 saturated carbocycles. The van der Waals surface area contributed by atoms with Crippen molar-refractivity contribution in [3.05, 3.63) is 0 Å². The van der Waals surface area contributed by atoms with Crippen LogP contribution in [0.5, 0.6) is 0 Å². The van der Waals surface area contributed by atoms with Crippen LogP contribution >= 0.6 is 0 Å². The maximum Gasteiger partial charge on any atom is 0.323 e. The van der Waals surface area contributed by atoms with Crippen molar-refractivity contribution >= 4 is 17.7 Å². The second-order valence-electron chi connectivity index (χ2n) is 5.20. The molecule has 0 aliphatic carbocycles. The molecule has 0 aromatic carbocycles. The number of guanidine groups is 1. The van der Waals surface area contributed by atoms with Gasteiger partial charge in [0.05, 0.1) is 6.61 Å². The number of carbonyl (C=O) groups is 2. The Hall–Kier alpha value is -1.79. The molecule has 0 unspecified atom stereocenters. The van der Waals surface area contributed by atoms with E-state index in [1.54, 1.807) is 0 Å². The topological polar surface area (TPSA) is 212 Å². The average molecular weight is 350 g/mol. The molecule has 11 heteroatoms. The van der Waals surface area contributed by atoms with Crippen LogP contribution in [0.2, 0.25) is 0 Å². The lowest BCUT2D eigenvalue weighted by atomic mass is 10.1. The summed E-state index contributed by atoms with van der Waals surface area (Å²) < 4.78 is 4.65. The van der Waals surface area contributed by atoms with Gasteiger partial charge in [0.25, 0.3) is 0 Å². The number of rotatable bonds is 12. The minimum Gasteiger partial charge on any atom is -0.456 e. The first-order valence-electron chi connectivity index (χ1n) is 7.38. The van der Waals surface area contributed by atoms with E-state index in [1.807, 2.05) is 0 Å². The zero-order valence-corrected chi connectivity index (χ0v) is 13.2. The number of Topliss-reactive ketones (excluding diaryl/α,β-unsaturated/α-hetero) is 1. The van der Waals surface area contributed by atoms with Crippen molar-refractivity contribution < 1.29 is 34.8 Å². The first-order chi connectivity index (χ1) is 11.2. The number of aliphatic hydroxyl groups excluding tert-OH is 4. The zero-order valence-electron chi connectivity index (χ0n) is 13.2. The van der Waals surface area contributed by atoms with E-state index in [2.05, 4.69) is 10.1 Å². The Morgan fingerprint density at radius 3 is 2.38 bits per heavy atom. The summed E-state index contributed by atoms with van der Waals surface area (Å²) in [5.74, 6) is -2.02. The third kappa shape index (κ3) is 8.74. The monoisotopic (exact) mass is 350 g/mol. The third-order valence-electron chi connectivity index (χ3n) is 3.15. The minimum atomic E-state index is -1.99. The highest BCUT2D eigenvalue weighted by Crippen LogP contribution is 2.04. The van der Waals surface area contributed by atoms with Gasteiger partial charge in [0.15, 0.2) is 12.6 Å². The predicted molar refractivity (Wildman–Crippen MR) is 82.8 cm³/mol. The molecule has 0 bridgehead atoms. The van der Waals surface area contributed by atoms with E-state index < -0.39 is 49.3 Å². The molecule has 0 rings (SSSR count). The molecule has 0 amide bonds. The van der Waals surface area contributed by atoms with Gasteiger partial charge in [-0.15, -0.1) is 0 Å². The van der Waals surface area contributed by atoms with E-state index >= 15 is 0 Å².